The molecule has 4 nitrogen and oxygen atoms in total. The summed E-state index contributed by atoms with van der Waals surface area (Å²) in [5.74, 6) is 0.513. The quantitative estimate of drug-likeness (QED) is 0.926. The number of carbonyl (C=O) groups excluding carboxylic acids is 2. The van der Waals surface area contributed by atoms with Gasteiger partial charge in [-0.25, -0.2) is 0 Å². The van der Waals surface area contributed by atoms with Gasteiger partial charge in [0.15, 0.2) is 0 Å². The predicted molar refractivity (Wildman–Crippen MR) is 84.2 cm³/mol. The number of rotatable bonds is 4. The molecule has 1 aliphatic carbocycles. The fraction of sp³-hybridized carbons (Fsp3) is 0.529. The molecule has 1 saturated carbocycles. The Kier molecular flexibility index (Phi) is 4.35. The van der Waals surface area contributed by atoms with Gasteiger partial charge < -0.3 is 10.2 Å². The van der Waals surface area contributed by atoms with E-state index in [1.54, 1.807) is 7.05 Å². The maximum Gasteiger partial charge on any atom is 0.243 e. The molecule has 0 unspecified atom stereocenters. The molecule has 1 fully saturated rings. The number of nitrogens with one attached hydrogen (secondary N) is 1. The van der Waals surface area contributed by atoms with Gasteiger partial charge in [0.1, 0.15) is 0 Å². The summed E-state index contributed by atoms with van der Waals surface area (Å²) in [7, 11) is 1.70. The lowest BCUT2D eigenvalue weighted by Gasteiger charge is -2.18. The van der Waals surface area contributed by atoms with Crippen LogP contribution in [0.3, 0.4) is 0 Å². The first-order chi connectivity index (χ1) is 9.79. The zero-order valence-corrected chi connectivity index (χ0v) is 13.5. The van der Waals surface area contributed by atoms with E-state index in [0.29, 0.717) is 5.92 Å². The third kappa shape index (κ3) is 3.63. The molecule has 21 heavy (non-hydrogen) atoms. The van der Waals surface area contributed by atoms with Crippen molar-refractivity contribution >= 4 is 17.5 Å². The Bertz CT molecular complexity index is 557. The van der Waals surface area contributed by atoms with Crippen LogP contribution in [0, 0.1) is 32.6 Å². The van der Waals surface area contributed by atoms with Gasteiger partial charge in [-0.1, -0.05) is 24.6 Å². The van der Waals surface area contributed by atoms with Gasteiger partial charge in [0.25, 0.3) is 0 Å². The molecule has 1 N–H and O–H groups in total. The van der Waals surface area contributed by atoms with E-state index in [0.717, 1.165) is 23.2 Å². The summed E-state index contributed by atoms with van der Waals surface area (Å²) >= 11 is 0. The van der Waals surface area contributed by atoms with Crippen LogP contribution in [0.1, 0.15) is 30.0 Å². The van der Waals surface area contributed by atoms with Gasteiger partial charge in [-0.2, -0.15) is 0 Å². The molecule has 0 radical (unpaired) electrons. The van der Waals surface area contributed by atoms with E-state index < -0.39 is 0 Å². The fourth-order valence-electron chi connectivity index (χ4n) is 2.80. The van der Waals surface area contributed by atoms with Gasteiger partial charge in [0.05, 0.1) is 6.54 Å². The van der Waals surface area contributed by atoms with Crippen molar-refractivity contribution in [2.75, 3.05) is 18.9 Å². The maximum absolute atomic E-state index is 12.1. The number of carbonyl (C=O) groups is 2. The Morgan fingerprint density at radius 2 is 1.76 bits per heavy atom. The van der Waals surface area contributed by atoms with Crippen molar-refractivity contribution in [3.05, 3.63) is 28.8 Å². The number of amides is 2. The summed E-state index contributed by atoms with van der Waals surface area (Å²) in [6.45, 7) is 8.17. The summed E-state index contributed by atoms with van der Waals surface area (Å²) in [6, 6.07) is 4.09. The Balaban J connectivity index is 1.97. The highest BCUT2D eigenvalue weighted by atomic mass is 16.2. The average molecular weight is 288 g/mol. The van der Waals surface area contributed by atoms with E-state index in [1.807, 2.05) is 32.9 Å². The van der Waals surface area contributed by atoms with Crippen LogP contribution in [0.5, 0.6) is 0 Å². The first-order valence-corrected chi connectivity index (χ1v) is 7.42. The first kappa shape index (κ1) is 15.5. The van der Waals surface area contributed by atoms with Crippen LogP contribution in [-0.2, 0) is 9.59 Å². The molecule has 0 saturated heterocycles. The molecule has 2 amide bonds. The molecule has 2 atom stereocenters. The van der Waals surface area contributed by atoms with Crippen molar-refractivity contribution < 1.29 is 9.59 Å². The standard InChI is InChI=1S/C17H24N2O2/c1-10-6-12(3)16(13(4)7-10)18-15(20)9-19(5)17(21)14-8-11(14)2/h6-7,11,14H,8-9H2,1-5H3,(H,18,20)/t11-,14-/m0/s1. The van der Waals surface area contributed by atoms with Crippen molar-refractivity contribution in [2.24, 2.45) is 11.8 Å². The van der Waals surface area contributed by atoms with E-state index in [1.165, 1.54) is 10.5 Å². The van der Waals surface area contributed by atoms with E-state index in [9.17, 15) is 9.59 Å². The Morgan fingerprint density at radius 3 is 2.24 bits per heavy atom. The molecule has 1 aliphatic rings. The van der Waals surface area contributed by atoms with Crippen LogP contribution >= 0.6 is 0 Å². The second-order valence-electron chi connectivity index (χ2n) is 6.34. The van der Waals surface area contributed by atoms with Gasteiger partial charge >= 0.3 is 0 Å². The lowest BCUT2D eigenvalue weighted by Crippen LogP contribution is -2.36. The summed E-state index contributed by atoms with van der Waals surface area (Å²) < 4.78 is 0. The molecule has 0 aromatic heterocycles. The minimum absolute atomic E-state index is 0.0787. The van der Waals surface area contributed by atoms with Crippen LogP contribution in [-0.4, -0.2) is 30.3 Å². The van der Waals surface area contributed by atoms with E-state index in [-0.39, 0.29) is 24.3 Å². The topological polar surface area (TPSA) is 49.4 Å². The fourth-order valence-corrected chi connectivity index (χ4v) is 2.80. The number of nitrogens with zero attached hydrogens (tertiary/aromatic N) is 1. The second-order valence-corrected chi connectivity index (χ2v) is 6.34. The van der Waals surface area contributed by atoms with Gasteiger partial charge in [-0.3, -0.25) is 9.59 Å². The van der Waals surface area contributed by atoms with Gasteiger partial charge in [-0.05, 0) is 44.2 Å². The Hall–Kier alpha value is -1.84. The minimum Gasteiger partial charge on any atom is -0.336 e. The molecule has 0 heterocycles. The Morgan fingerprint density at radius 1 is 1.24 bits per heavy atom. The van der Waals surface area contributed by atoms with Crippen molar-refractivity contribution in [2.45, 2.75) is 34.1 Å². The highest BCUT2D eigenvalue weighted by Gasteiger charge is 2.40. The van der Waals surface area contributed by atoms with Crippen molar-refractivity contribution in [1.82, 2.24) is 4.90 Å². The van der Waals surface area contributed by atoms with Gasteiger partial charge in [-0.15, -0.1) is 0 Å². The summed E-state index contributed by atoms with van der Waals surface area (Å²) in [5, 5.41) is 2.93. The average Bonchev–Trinajstić information content (AvgIpc) is 3.09. The van der Waals surface area contributed by atoms with E-state index in [2.05, 4.69) is 12.2 Å². The zero-order chi connectivity index (χ0) is 15.7. The van der Waals surface area contributed by atoms with Crippen LogP contribution < -0.4 is 5.32 Å². The number of hydrogen-bond donors (Lipinski definition) is 1. The van der Waals surface area contributed by atoms with E-state index in [4.69, 9.17) is 0 Å². The number of benzene rings is 1. The third-order valence-electron chi connectivity index (χ3n) is 4.13. The largest absolute Gasteiger partial charge is 0.336 e. The van der Waals surface area contributed by atoms with Crippen LogP contribution in [0.4, 0.5) is 5.69 Å². The molecular weight excluding hydrogens is 264 g/mol. The lowest BCUT2D eigenvalue weighted by atomic mass is 10.1. The molecular formula is C17H24N2O2. The summed E-state index contributed by atoms with van der Waals surface area (Å²) in [5.41, 5.74) is 4.13. The minimum atomic E-state index is -0.144. The van der Waals surface area contributed by atoms with Crippen LogP contribution in [0.2, 0.25) is 0 Å². The molecule has 4 heteroatoms. The molecule has 0 spiro atoms. The Labute approximate surface area is 126 Å². The highest BCUT2D eigenvalue weighted by Crippen LogP contribution is 2.38. The zero-order valence-electron chi connectivity index (χ0n) is 13.5. The van der Waals surface area contributed by atoms with Crippen molar-refractivity contribution in [1.29, 1.82) is 0 Å². The molecule has 114 valence electrons. The highest BCUT2D eigenvalue weighted by molar-refractivity contribution is 5.96. The molecule has 1 aromatic carbocycles. The van der Waals surface area contributed by atoms with Gasteiger partial charge in [0, 0.05) is 18.7 Å². The normalized spacial score (nSPS) is 20.0. The molecule has 0 bridgehead atoms. The molecule has 0 aliphatic heterocycles. The SMILES string of the molecule is Cc1cc(C)c(NC(=O)CN(C)C(=O)[C@H]2C[C@@H]2C)c(C)c1. The van der Waals surface area contributed by atoms with Gasteiger partial charge in [0.2, 0.25) is 11.8 Å². The second kappa shape index (κ2) is 5.88. The third-order valence-corrected chi connectivity index (χ3v) is 4.13. The maximum atomic E-state index is 12.1. The van der Waals surface area contributed by atoms with E-state index >= 15 is 0 Å². The summed E-state index contributed by atoms with van der Waals surface area (Å²) in [4.78, 5) is 25.7. The monoisotopic (exact) mass is 288 g/mol. The number of anilines is 1. The van der Waals surface area contributed by atoms with Crippen LogP contribution in [0.15, 0.2) is 12.1 Å². The van der Waals surface area contributed by atoms with Crippen LogP contribution in [0.25, 0.3) is 0 Å². The van der Waals surface area contributed by atoms with Crippen molar-refractivity contribution in [3.8, 4) is 0 Å². The number of likely N-dealkylation sites (N-methyl/N-ethyl adjacent to an activating group) is 1. The first-order valence-electron chi connectivity index (χ1n) is 7.42. The predicted octanol–water partition coefficient (Wildman–Crippen LogP) is 2.66. The van der Waals surface area contributed by atoms with Crippen molar-refractivity contribution in [3.63, 3.8) is 0 Å². The number of hydrogen-bond acceptors (Lipinski definition) is 2. The smallest absolute Gasteiger partial charge is 0.243 e. The summed E-state index contributed by atoms with van der Waals surface area (Å²) in [6.07, 6.45) is 0.945. The molecule has 2 rings (SSSR count). The lowest BCUT2D eigenvalue weighted by molar-refractivity contribution is -0.134. The number of aryl methyl sites for hydroxylation is 3. The molecule has 1 aromatic rings.